The summed E-state index contributed by atoms with van der Waals surface area (Å²) in [6.07, 6.45) is 0. The molecule has 1 heterocycles. The monoisotopic (exact) mass is 564 g/mol. The van der Waals surface area contributed by atoms with Crippen LogP contribution in [0.1, 0.15) is 11.1 Å². The Balaban J connectivity index is 1.38. The molecule has 0 radical (unpaired) electrons. The minimum absolute atomic E-state index is 0.517. The highest BCUT2D eigenvalue weighted by Gasteiger charge is 2.15. The molecule has 0 aliphatic carbocycles. The highest BCUT2D eigenvalue weighted by molar-refractivity contribution is 9.11. The van der Waals surface area contributed by atoms with Crippen LogP contribution in [0, 0.1) is 0 Å². The van der Waals surface area contributed by atoms with Crippen LogP contribution in [-0.2, 0) is 17.9 Å². The molecule has 0 unspecified atom stereocenters. The second kappa shape index (κ2) is 10.7. The number of rotatable bonds is 7. The normalized spacial score (nSPS) is 13.8. The van der Waals surface area contributed by atoms with Crippen molar-refractivity contribution < 1.29 is 9.47 Å². The van der Waals surface area contributed by atoms with E-state index in [9.17, 15) is 0 Å². The predicted octanol–water partition coefficient (Wildman–Crippen LogP) is 6.89. The number of hydrogen-bond acceptors (Lipinski definition) is 4. The van der Waals surface area contributed by atoms with Crippen molar-refractivity contribution in [2.24, 2.45) is 0 Å². The molecule has 1 aliphatic heterocycles. The molecular formula is C24H23Br2ClN2O2. The molecule has 4 nitrogen and oxygen atoms in total. The van der Waals surface area contributed by atoms with E-state index >= 15 is 0 Å². The summed E-state index contributed by atoms with van der Waals surface area (Å²) in [5.41, 5.74) is 4.29. The fourth-order valence-corrected chi connectivity index (χ4v) is 5.27. The summed E-state index contributed by atoms with van der Waals surface area (Å²) in [6, 6.07) is 20.4. The van der Waals surface area contributed by atoms with Gasteiger partial charge in [0.15, 0.2) is 0 Å². The third kappa shape index (κ3) is 5.95. The van der Waals surface area contributed by atoms with Crippen LogP contribution in [0.25, 0.3) is 0 Å². The molecule has 0 bridgehead atoms. The number of benzene rings is 3. The second-order valence-electron chi connectivity index (χ2n) is 7.28. The van der Waals surface area contributed by atoms with E-state index < -0.39 is 0 Å². The van der Waals surface area contributed by atoms with Gasteiger partial charge in [0.1, 0.15) is 12.4 Å². The molecule has 3 aromatic rings. The summed E-state index contributed by atoms with van der Waals surface area (Å²) in [4.78, 5) is 2.26. The lowest BCUT2D eigenvalue weighted by Gasteiger charge is -2.29. The van der Waals surface area contributed by atoms with Gasteiger partial charge in [-0.25, -0.2) is 0 Å². The Morgan fingerprint density at radius 1 is 0.935 bits per heavy atom. The lowest BCUT2D eigenvalue weighted by Crippen LogP contribution is -2.36. The first-order valence-electron chi connectivity index (χ1n) is 10.1. The van der Waals surface area contributed by atoms with Crippen molar-refractivity contribution in [3.8, 4) is 5.75 Å². The Morgan fingerprint density at radius 2 is 1.65 bits per heavy atom. The molecule has 7 heteroatoms. The van der Waals surface area contributed by atoms with Gasteiger partial charge in [0.25, 0.3) is 0 Å². The van der Waals surface area contributed by atoms with Gasteiger partial charge in [-0.2, -0.15) is 0 Å². The molecule has 1 N–H and O–H groups in total. The molecule has 31 heavy (non-hydrogen) atoms. The third-order valence-corrected chi connectivity index (χ3v) is 6.56. The van der Waals surface area contributed by atoms with Gasteiger partial charge in [0, 0.05) is 25.3 Å². The molecule has 1 fully saturated rings. The third-order valence-electron chi connectivity index (χ3n) is 5.08. The van der Waals surface area contributed by atoms with E-state index in [0.29, 0.717) is 13.2 Å². The van der Waals surface area contributed by atoms with Crippen LogP contribution in [0.15, 0.2) is 69.6 Å². The predicted molar refractivity (Wildman–Crippen MR) is 134 cm³/mol. The summed E-state index contributed by atoms with van der Waals surface area (Å²) in [5, 5.41) is 4.20. The van der Waals surface area contributed by atoms with E-state index in [0.717, 1.165) is 68.5 Å². The van der Waals surface area contributed by atoms with Gasteiger partial charge in [-0.3, -0.25) is 0 Å². The fourth-order valence-electron chi connectivity index (χ4n) is 3.46. The minimum atomic E-state index is 0.517. The van der Waals surface area contributed by atoms with E-state index in [2.05, 4.69) is 78.5 Å². The summed E-state index contributed by atoms with van der Waals surface area (Å²) < 4.78 is 13.3. The molecule has 162 valence electrons. The highest BCUT2D eigenvalue weighted by atomic mass is 79.9. The van der Waals surface area contributed by atoms with Crippen LogP contribution in [-0.4, -0.2) is 26.3 Å². The van der Waals surface area contributed by atoms with E-state index in [1.54, 1.807) is 0 Å². The maximum Gasteiger partial charge on any atom is 0.148 e. The standard InChI is InChI=1S/C24H23Br2ClN2O2/c25-20-12-18(13-21(26)24(20)31-16-17-4-2-1-3-5-17)15-28-19-6-7-23(22(27)14-19)29-8-10-30-11-9-29/h1-7,12-14,28H,8-11,15-16H2. The van der Waals surface area contributed by atoms with E-state index in [-0.39, 0.29) is 0 Å². The Labute approximate surface area is 204 Å². The van der Waals surface area contributed by atoms with Gasteiger partial charge < -0.3 is 19.7 Å². The Morgan fingerprint density at radius 3 is 2.32 bits per heavy atom. The van der Waals surface area contributed by atoms with Gasteiger partial charge in [-0.15, -0.1) is 0 Å². The number of halogens is 3. The van der Waals surface area contributed by atoms with Gasteiger partial charge in [0.05, 0.1) is 32.9 Å². The maximum atomic E-state index is 6.55. The van der Waals surface area contributed by atoms with Crippen molar-refractivity contribution in [2.75, 3.05) is 36.5 Å². The fraction of sp³-hybridized carbons (Fsp3) is 0.250. The summed E-state index contributed by atoms with van der Waals surface area (Å²) >= 11 is 13.8. The number of nitrogens with one attached hydrogen (secondary N) is 1. The molecule has 4 rings (SSSR count). The van der Waals surface area contributed by atoms with Crippen LogP contribution < -0.4 is 15.0 Å². The number of ether oxygens (including phenoxy) is 2. The summed E-state index contributed by atoms with van der Waals surface area (Å²) in [7, 11) is 0. The first-order valence-corrected chi connectivity index (χ1v) is 12.1. The zero-order chi connectivity index (χ0) is 21.6. The van der Waals surface area contributed by atoms with Gasteiger partial charge in [-0.05, 0) is 73.3 Å². The van der Waals surface area contributed by atoms with E-state index in [1.807, 2.05) is 24.3 Å². The smallest absolute Gasteiger partial charge is 0.148 e. The topological polar surface area (TPSA) is 33.7 Å². The molecule has 0 spiro atoms. The number of morpholine rings is 1. The van der Waals surface area contributed by atoms with Crippen molar-refractivity contribution in [3.05, 3.63) is 85.8 Å². The Kier molecular flexibility index (Phi) is 7.77. The lowest BCUT2D eigenvalue weighted by atomic mass is 10.2. The molecule has 0 atom stereocenters. The zero-order valence-corrected chi connectivity index (χ0v) is 20.8. The summed E-state index contributed by atoms with van der Waals surface area (Å²) in [6.45, 7) is 4.41. The van der Waals surface area contributed by atoms with Crippen LogP contribution in [0.2, 0.25) is 5.02 Å². The average molecular weight is 567 g/mol. The van der Waals surface area contributed by atoms with Crippen molar-refractivity contribution in [1.29, 1.82) is 0 Å². The van der Waals surface area contributed by atoms with Crippen LogP contribution >= 0.6 is 43.5 Å². The van der Waals surface area contributed by atoms with Gasteiger partial charge >= 0.3 is 0 Å². The van der Waals surface area contributed by atoms with E-state index in [4.69, 9.17) is 21.1 Å². The molecule has 1 saturated heterocycles. The molecule has 1 aliphatic rings. The lowest BCUT2D eigenvalue weighted by molar-refractivity contribution is 0.122. The Hall–Kier alpha value is -1.73. The largest absolute Gasteiger partial charge is 0.487 e. The van der Waals surface area contributed by atoms with Gasteiger partial charge in [-0.1, -0.05) is 41.9 Å². The second-order valence-corrected chi connectivity index (χ2v) is 9.40. The first-order chi connectivity index (χ1) is 15.1. The summed E-state index contributed by atoms with van der Waals surface area (Å²) in [5.74, 6) is 0.797. The van der Waals surface area contributed by atoms with Crippen LogP contribution in [0.4, 0.5) is 11.4 Å². The molecule has 0 amide bonds. The number of hydrogen-bond donors (Lipinski definition) is 1. The molecule has 3 aromatic carbocycles. The molecule has 0 aromatic heterocycles. The van der Waals surface area contributed by atoms with Crippen molar-refractivity contribution in [1.82, 2.24) is 0 Å². The van der Waals surface area contributed by atoms with Crippen molar-refractivity contribution >= 4 is 54.8 Å². The molecular weight excluding hydrogens is 544 g/mol. The maximum absolute atomic E-state index is 6.55. The minimum Gasteiger partial charge on any atom is -0.487 e. The highest BCUT2D eigenvalue weighted by Crippen LogP contribution is 2.36. The number of nitrogens with zero attached hydrogens (tertiary/aromatic N) is 1. The zero-order valence-electron chi connectivity index (χ0n) is 16.9. The van der Waals surface area contributed by atoms with Gasteiger partial charge in [0.2, 0.25) is 0 Å². The molecule has 0 saturated carbocycles. The van der Waals surface area contributed by atoms with Crippen molar-refractivity contribution in [3.63, 3.8) is 0 Å². The van der Waals surface area contributed by atoms with E-state index in [1.165, 1.54) is 0 Å². The quantitative estimate of drug-likeness (QED) is 0.338. The average Bonchev–Trinajstić information content (AvgIpc) is 2.78. The number of anilines is 2. The van der Waals surface area contributed by atoms with Crippen LogP contribution in [0.5, 0.6) is 5.75 Å². The Bertz CT molecular complexity index is 1000. The van der Waals surface area contributed by atoms with Crippen LogP contribution in [0.3, 0.4) is 0 Å². The first kappa shape index (κ1) is 22.5. The SMILES string of the molecule is Clc1cc(NCc2cc(Br)c(OCc3ccccc3)c(Br)c2)ccc1N1CCOCC1. The van der Waals surface area contributed by atoms with Crippen molar-refractivity contribution in [2.45, 2.75) is 13.2 Å².